The number of carbonyl (C=O) groups excluding carboxylic acids is 1. The maximum atomic E-state index is 11.2. The summed E-state index contributed by atoms with van der Waals surface area (Å²) in [4.78, 5) is 23.4. The molecule has 1 aliphatic rings. The fraction of sp³-hybridized carbons (Fsp3) is 0.364. The number of anilines is 1. The number of nitrogens with zero attached hydrogens (tertiary/aromatic N) is 2. The molecule has 0 bridgehead atoms. The number of nitro groups is 1. The summed E-state index contributed by atoms with van der Waals surface area (Å²) >= 11 is 0. The van der Waals surface area contributed by atoms with Crippen LogP contribution in [-0.4, -0.2) is 35.4 Å². The lowest BCUT2D eigenvalue weighted by atomic mass is 10.1. The van der Waals surface area contributed by atoms with E-state index in [0.29, 0.717) is 19.6 Å². The first-order valence-electron chi connectivity index (χ1n) is 5.58. The van der Waals surface area contributed by atoms with Gasteiger partial charge >= 0.3 is 0 Å². The summed E-state index contributed by atoms with van der Waals surface area (Å²) in [6.45, 7) is 2.17. The van der Waals surface area contributed by atoms with Crippen molar-refractivity contribution in [3.05, 3.63) is 33.9 Å². The van der Waals surface area contributed by atoms with Crippen LogP contribution in [0, 0.1) is 10.1 Å². The predicted octanol–water partition coefficient (Wildman–Crippen LogP) is 0.109. The third-order valence-electron chi connectivity index (χ3n) is 2.82. The van der Waals surface area contributed by atoms with E-state index < -0.39 is 4.92 Å². The molecular weight excluding hydrogens is 236 g/mol. The number of amides is 1. The van der Waals surface area contributed by atoms with Gasteiger partial charge in [0.2, 0.25) is 5.91 Å². The van der Waals surface area contributed by atoms with Gasteiger partial charge < -0.3 is 11.1 Å². The third-order valence-corrected chi connectivity index (χ3v) is 2.82. The standard InChI is InChI=1S/C11H14N4O3/c12-9-2-1-8(5-10(9)15(17)18)6-14-4-3-13-11(16)7-14/h1-2,5H,3-4,6-7,12H2,(H,13,16). The number of nitrogen functional groups attached to an aromatic ring is 1. The number of benzene rings is 1. The molecule has 0 unspecified atom stereocenters. The van der Waals surface area contributed by atoms with Crippen LogP contribution >= 0.6 is 0 Å². The highest BCUT2D eigenvalue weighted by molar-refractivity contribution is 5.78. The number of nitro benzene ring substituents is 1. The second-order valence-corrected chi connectivity index (χ2v) is 4.21. The third kappa shape index (κ3) is 2.75. The monoisotopic (exact) mass is 250 g/mol. The average molecular weight is 250 g/mol. The normalized spacial score (nSPS) is 16.3. The highest BCUT2D eigenvalue weighted by Gasteiger charge is 2.18. The summed E-state index contributed by atoms with van der Waals surface area (Å²) in [7, 11) is 0. The van der Waals surface area contributed by atoms with Gasteiger partial charge in [-0.3, -0.25) is 19.8 Å². The van der Waals surface area contributed by atoms with Crippen LogP contribution in [0.15, 0.2) is 18.2 Å². The molecule has 96 valence electrons. The first-order valence-corrected chi connectivity index (χ1v) is 5.58. The van der Waals surface area contributed by atoms with Crippen LogP contribution < -0.4 is 11.1 Å². The second-order valence-electron chi connectivity index (χ2n) is 4.21. The second kappa shape index (κ2) is 5.01. The maximum absolute atomic E-state index is 11.2. The number of carbonyl (C=O) groups is 1. The molecule has 7 nitrogen and oxygen atoms in total. The van der Waals surface area contributed by atoms with E-state index in [9.17, 15) is 14.9 Å². The summed E-state index contributed by atoms with van der Waals surface area (Å²) in [6.07, 6.45) is 0. The number of nitrogens with one attached hydrogen (secondary N) is 1. The molecule has 0 spiro atoms. The summed E-state index contributed by atoms with van der Waals surface area (Å²) in [5.41, 5.74) is 6.37. The Morgan fingerprint density at radius 2 is 2.28 bits per heavy atom. The van der Waals surface area contributed by atoms with Gasteiger partial charge in [-0.15, -0.1) is 0 Å². The van der Waals surface area contributed by atoms with Crippen molar-refractivity contribution < 1.29 is 9.72 Å². The van der Waals surface area contributed by atoms with Gasteiger partial charge in [-0.1, -0.05) is 6.07 Å². The molecule has 1 fully saturated rings. The minimum absolute atomic E-state index is 0.0220. The van der Waals surface area contributed by atoms with E-state index in [4.69, 9.17) is 5.73 Å². The zero-order valence-electron chi connectivity index (χ0n) is 9.76. The highest BCUT2D eigenvalue weighted by atomic mass is 16.6. The zero-order chi connectivity index (χ0) is 13.1. The van der Waals surface area contributed by atoms with Crippen molar-refractivity contribution in [3.8, 4) is 0 Å². The zero-order valence-corrected chi connectivity index (χ0v) is 9.76. The summed E-state index contributed by atoms with van der Waals surface area (Å²) < 4.78 is 0. The van der Waals surface area contributed by atoms with E-state index in [1.807, 2.05) is 4.90 Å². The molecule has 1 amide bonds. The molecule has 3 N–H and O–H groups in total. The summed E-state index contributed by atoms with van der Waals surface area (Å²) in [5, 5.41) is 13.5. The molecule has 18 heavy (non-hydrogen) atoms. The van der Waals surface area contributed by atoms with Gasteiger partial charge in [-0.05, 0) is 11.6 Å². The van der Waals surface area contributed by atoms with E-state index in [-0.39, 0.29) is 17.3 Å². The van der Waals surface area contributed by atoms with Crippen molar-refractivity contribution in [3.63, 3.8) is 0 Å². The van der Waals surface area contributed by atoms with Crippen molar-refractivity contribution in [2.24, 2.45) is 0 Å². The number of piperazine rings is 1. The van der Waals surface area contributed by atoms with Crippen LogP contribution in [0.4, 0.5) is 11.4 Å². The smallest absolute Gasteiger partial charge is 0.292 e. The van der Waals surface area contributed by atoms with Gasteiger partial charge in [-0.25, -0.2) is 0 Å². The minimum Gasteiger partial charge on any atom is -0.393 e. The molecule has 7 heteroatoms. The van der Waals surface area contributed by atoms with Gasteiger partial charge in [0, 0.05) is 25.7 Å². The number of rotatable bonds is 3. The van der Waals surface area contributed by atoms with Crippen LogP contribution in [-0.2, 0) is 11.3 Å². The molecule has 0 aliphatic carbocycles. The fourth-order valence-corrected chi connectivity index (χ4v) is 1.93. The van der Waals surface area contributed by atoms with Crippen LogP contribution in [0.2, 0.25) is 0 Å². The lowest BCUT2D eigenvalue weighted by Crippen LogP contribution is -2.47. The van der Waals surface area contributed by atoms with Crippen molar-refractivity contribution in [1.82, 2.24) is 10.2 Å². The Kier molecular flexibility index (Phi) is 3.42. The van der Waals surface area contributed by atoms with Crippen LogP contribution in [0.3, 0.4) is 0 Å². The van der Waals surface area contributed by atoms with Crippen molar-refractivity contribution in [2.75, 3.05) is 25.4 Å². The molecule has 1 aromatic carbocycles. The van der Waals surface area contributed by atoms with E-state index in [1.54, 1.807) is 6.07 Å². The van der Waals surface area contributed by atoms with Crippen molar-refractivity contribution in [2.45, 2.75) is 6.54 Å². The van der Waals surface area contributed by atoms with E-state index in [1.165, 1.54) is 12.1 Å². The van der Waals surface area contributed by atoms with Crippen molar-refractivity contribution >= 4 is 17.3 Å². The van der Waals surface area contributed by atoms with Gasteiger partial charge in [0.05, 0.1) is 11.5 Å². The summed E-state index contributed by atoms with van der Waals surface area (Å²) in [6, 6.07) is 4.73. The Hall–Kier alpha value is -2.15. The maximum Gasteiger partial charge on any atom is 0.292 e. The van der Waals surface area contributed by atoms with E-state index in [0.717, 1.165) is 12.1 Å². The SMILES string of the molecule is Nc1ccc(CN2CCNC(=O)C2)cc1[N+](=O)[O-]. The highest BCUT2D eigenvalue weighted by Crippen LogP contribution is 2.23. The molecule has 2 rings (SSSR count). The molecule has 0 saturated carbocycles. The van der Waals surface area contributed by atoms with Crippen molar-refractivity contribution in [1.29, 1.82) is 0 Å². The average Bonchev–Trinajstić information content (AvgIpc) is 2.31. The van der Waals surface area contributed by atoms with E-state index >= 15 is 0 Å². The molecular formula is C11H14N4O3. The molecule has 1 aliphatic heterocycles. The lowest BCUT2D eigenvalue weighted by molar-refractivity contribution is -0.384. The van der Waals surface area contributed by atoms with Gasteiger partial charge in [-0.2, -0.15) is 0 Å². The van der Waals surface area contributed by atoms with Gasteiger partial charge in [0.25, 0.3) is 5.69 Å². The van der Waals surface area contributed by atoms with Gasteiger partial charge in [0.1, 0.15) is 5.69 Å². The summed E-state index contributed by atoms with van der Waals surface area (Å²) in [5.74, 6) is -0.0220. The molecule has 1 heterocycles. The molecule has 0 atom stereocenters. The topological polar surface area (TPSA) is 102 Å². The molecule has 0 radical (unpaired) electrons. The Balaban J connectivity index is 2.11. The van der Waals surface area contributed by atoms with Crippen LogP contribution in [0.1, 0.15) is 5.56 Å². The quantitative estimate of drug-likeness (QED) is 0.450. The lowest BCUT2D eigenvalue weighted by Gasteiger charge is -2.26. The molecule has 1 aromatic rings. The Bertz CT molecular complexity index is 489. The molecule has 0 aromatic heterocycles. The van der Waals surface area contributed by atoms with E-state index in [2.05, 4.69) is 5.32 Å². The van der Waals surface area contributed by atoms with Crippen LogP contribution in [0.25, 0.3) is 0 Å². The predicted molar refractivity (Wildman–Crippen MR) is 65.8 cm³/mol. The Morgan fingerprint density at radius 3 is 2.94 bits per heavy atom. The van der Waals surface area contributed by atoms with Gasteiger partial charge in [0.15, 0.2) is 0 Å². The minimum atomic E-state index is -0.498. The number of hydrogen-bond donors (Lipinski definition) is 2. The Morgan fingerprint density at radius 1 is 1.50 bits per heavy atom. The van der Waals surface area contributed by atoms with Crippen LogP contribution in [0.5, 0.6) is 0 Å². The largest absolute Gasteiger partial charge is 0.393 e. The number of hydrogen-bond acceptors (Lipinski definition) is 5. The Labute approximate surface area is 104 Å². The fourth-order valence-electron chi connectivity index (χ4n) is 1.93. The number of nitrogens with two attached hydrogens (primary N) is 1. The first-order chi connectivity index (χ1) is 8.56. The first kappa shape index (κ1) is 12.3. The molecule has 1 saturated heterocycles.